The van der Waals surface area contributed by atoms with E-state index in [4.69, 9.17) is 10.5 Å². The molecule has 1 heterocycles. The lowest BCUT2D eigenvalue weighted by atomic mass is 9.99. The first-order valence-electron chi connectivity index (χ1n) is 6.11. The van der Waals surface area contributed by atoms with Crippen LogP contribution in [0.4, 0.5) is 14.6 Å². The number of methoxy groups -OCH3 is 1. The van der Waals surface area contributed by atoms with Crippen molar-refractivity contribution in [1.82, 2.24) is 9.78 Å². The Morgan fingerprint density at radius 1 is 1.30 bits per heavy atom. The lowest BCUT2D eigenvalue weighted by Crippen LogP contribution is -2.10. The Hall–Kier alpha value is -2.11. The minimum atomic E-state index is -2.99. The molecule has 0 fully saturated rings. The first-order chi connectivity index (χ1) is 9.24. The fourth-order valence-corrected chi connectivity index (χ4v) is 2.12. The molecular weight excluding hydrogens is 264 g/mol. The number of hydrogen-bond donors (Lipinski definition) is 1. The van der Waals surface area contributed by atoms with Gasteiger partial charge in [0.2, 0.25) is 0 Å². The molecule has 1 aromatic heterocycles. The number of anilines is 1. The third-order valence-electron chi connectivity index (χ3n) is 3.10. The summed E-state index contributed by atoms with van der Waals surface area (Å²) < 4.78 is 34.1. The molecule has 4 nitrogen and oxygen atoms in total. The SMILES string of the molecule is COc1c(-c2cc(N)n(C)n2)cc(C)cc1C(C)(F)F. The highest BCUT2D eigenvalue weighted by atomic mass is 19.3. The Kier molecular flexibility index (Phi) is 3.41. The second-order valence-electron chi connectivity index (χ2n) is 4.86. The molecule has 6 heteroatoms. The van der Waals surface area contributed by atoms with Crippen molar-refractivity contribution in [1.29, 1.82) is 0 Å². The van der Waals surface area contributed by atoms with E-state index in [0.29, 0.717) is 22.6 Å². The number of nitrogens with zero attached hydrogens (tertiary/aromatic N) is 2. The van der Waals surface area contributed by atoms with Crippen molar-refractivity contribution in [2.24, 2.45) is 7.05 Å². The summed E-state index contributed by atoms with van der Waals surface area (Å²) >= 11 is 0. The first kappa shape index (κ1) is 14.3. The number of nitrogens with two attached hydrogens (primary N) is 1. The number of alkyl halides is 2. The fraction of sp³-hybridized carbons (Fsp3) is 0.357. The molecule has 0 aliphatic rings. The summed E-state index contributed by atoms with van der Waals surface area (Å²) in [4.78, 5) is 0. The predicted molar refractivity (Wildman–Crippen MR) is 73.9 cm³/mol. The van der Waals surface area contributed by atoms with Gasteiger partial charge in [0.05, 0.1) is 18.4 Å². The largest absolute Gasteiger partial charge is 0.496 e. The highest BCUT2D eigenvalue weighted by Crippen LogP contribution is 2.41. The molecule has 20 heavy (non-hydrogen) atoms. The predicted octanol–water partition coefficient (Wildman–Crippen LogP) is 3.10. The fourth-order valence-electron chi connectivity index (χ4n) is 2.12. The van der Waals surface area contributed by atoms with Crippen molar-refractivity contribution in [3.05, 3.63) is 29.3 Å². The summed E-state index contributed by atoms with van der Waals surface area (Å²) in [6.07, 6.45) is 0. The summed E-state index contributed by atoms with van der Waals surface area (Å²) in [5.41, 5.74) is 7.32. The van der Waals surface area contributed by atoms with Gasteiger partial charge in [0, 0.05) is 25.6 Å². The average Bonchev–Trinajstić information content (AvgIpc) is 2.67. The van der Waals surface area contributed by atoms with Gasteiger partial charge in [-0.2, -0.15) is 5.10 Å². The first-order valence-corrected chi connectivity index (χ1v) is 6.11. The number of hydrogen-bond acceptors (Lipinski definition) is 3. The molecule has 0 atom stereocenters. The summed E-state index contributed by atoms with van der Waals surface area (Å²) in [6, 6.07) is 4.82. The van der Waals surface area contributed by atoms with Crippen molar-refractivity contribution in [3.63, 3.8) is 0 Å². The highest BCUT2D eigenvalue weighted by molar-refractivity contribution is 5.72. The van der Waals surface area contributed by atoms with Crippen LogP contribution in [0, 0.1) is 6.92 Å². The number of nitrogen functional groups attached to an aromatic ring is 1. The van der Waals surface area contributed by atoms with Gasteiger partial charge in [-0.25, -0.2) is 8.78 Å². The minimum absolute atomic E-state index is 0.126. The number of halogens is 2. The van der Waals surface area contributed by atoms with Crippen LogP contribution in [0.5, 0.6) is 5.75 Å². The smallest absolute Gasteiger partial charge is 0.274 e. The van der Waals surface area contributed by atoms with E-state index < -0.39 is 5.92 Å². The summed E-state index contributed by atoms with van der Waals surface area (Å²) in [6.45, 7) is 2.60. The highest BCUT2D eigenvalue weighted by Gasteiger charge is 2.31. The van der Waals surface area contributed by atoms with Crippen LogP contribution < -0.4 is 10.5 Å². The van der Waals surface area contributed by atoms with Crippen molar-refractivity contribution >= 4 is 5.82 Å². The molecule has 2 N–H and O–H groups in total. The van der Waals surface area contributed by atoms with Crippen LogP contribution in [-0.4, -0.2) is 16.9 Å². The van der Waals surface area contributed by atoms with Crippen LogP contribution in [0.2, 0.25) is 0 Å². The quantitative estimate of drug-likeness (QED) is 0.940. The second kappa shape index (κ2) is 4.77. The molecule has 2 aromatic rings. The Bertz CT molecular complexity index is 625. The van der Waals surface area contributed by atoms with Gasteiger partial charge in [-0.1, -0.05) is 0 Å². The molecule has 1 aromatic carbocycles. The molecule has 108 valence electrons. The lowest BCUT2D eigenvalue weighted by molar-refractivity contribution is 0.0151. The van der Waals surface area contributed by atoms with E-state index in [1.54, 1.807) is 26.1 Å². The van der Waals surface area contributed by atoms with Crippen LogP contribution in [-0.2, 0) is 13.0 Å². The van der Waals surface area contributed by atoms with Gasteiger partial charge in [-0.15, -0.1) is 0 Å². The van der Waals surface area contributed by atoms with E-state index in [0.717, 1.165) is 6.92 Å². The van der Waals surface area contributed by atoms with E-state index in [-0.39, 0.29) is 11.3 Å². The standard InChI is InChI=1S/C14H17F2N3O/c1-8-5-9(11-7-12(17)19(3)18-11)13(20-4)10(6-8)14(2,15)16/h5-7H,17H2,1-4H3. The molecule has 0 saturated heterocycles. The number of benzene rings is 1. The van der Waals surface area contributed by atoms with Crippen molar-refractivity contribution < 1.29 is 13.5 Å². The zero-order valence-electron chi connectivity index (χ0n) is 11.9. The maximum Gasteiger partial charge on any atom is 0.274 e. The van der Waals surface area contributed by atoms with Gasteiger partial charge in [0.15, 0.2) is 0 Å². The Morgan fingerprint density at radius 3 is 2.40 bits per heavy atom. The average molecular weight is 281 g/mol. The third kappa shape index (κ3) is 2.45. The summed E-state index contributed by atoms with van der Waals surface area (Å²) in [7, 11) is 3.06. The van der Waals surface area contributed by atoms with Crippen LogP contribution in [0.3, 0.4) is 0 Å². The van der Waals surface area contributed by atoms with Gasteiger partial charge in [0.25, 0.3) is 5.92 Å². The number of rotatable bonds is 3. The monoisotopic (exact) mass is 281 g/mol. The lowest BCUT2D eigenvalue weighted by Gasteiger charge is -2.18. The summed E-state index contributed by atoms with van der Waals surface area (Å²) in [5.74, 6) is -2.42. The van der Waals surface area contributed by atoms with E-state index >= 15 is 0 Å². The van der Waals surface area contributed by atoms with Crippen LogP contribution >= 0.6 is 0 Å². The van der Waals surface area contributed by atoms with Gasteiger partial charge in [-0.3, -0.25) is 4.68 Å². The van der Waals surface area contributed by atoms with E-state index in [9.17, 15) is 8.78 Å². The molecule has 0 bridgehead atoms. The number of ether oxygens (including phenoxy) is 1. The van der Waals surface area contributed by atoms with E-state index in [1.165, 1.54) is 17.9 Å². The normalized spacial score (nSPS) is 11.7. The topological polar surface area (TPSA) is 53.1 Å². The molecule has 0 unspecified atom stereocenters. The van der Waals surface area contributed by atoms with Gasteiger partial charge in [-0.05, 0) is 24.6 Å². The molecule has 0 amide bonds. The van der Waals surface area contributed by atoms with Crippen LogP contribution in [0.25, 0.3) is 11.3 Å². The maximum absolute atomic E-state index is 13.7. The molecule has 0 aliphatic heterocycles. The van der Waals surface area contributed by atoms with Crippen molar-refractivity contribution in [3.8, 4) is 17.0 Å². The summed E-state index contributed by atoms with van der Waals surface area (Å²) in [5, 5.41) is 4.22. The van der Waals surface area contributed by atoms with Crippen molar-refractivity contribution in [2.75, 3.05) is 12.8 Å². The molecule has 0 spiro atoms. The second-order valence-corrected chi connectivity index (χ2v) is 4.86. The maximum atomic E-state index is 13.7. The van der Waals surface area contributed by atoms with Gasteiger partial charge >= 0.3 is 0 Å². The zero-order valence-corrected chi connectivity index (χ0v) is 11.9. The Labute approximate surface area is 116 Å². The molecule has 0 aliphatic carbocycles. The Morgan fingerprint density at radius 2 is 1.95 bits per heavy atom. The molecular formula is C14H17F2N3O. The van der Waals surface area contributed by atoms with Gasteiger partial charge < -0.3 is 10.5 Å². The van der Waals surface area contributed by atoms with Crippen molar-refractivity contribution in [2.45, 2.75) is 19.8 Å². The van der Waals surface area contributed by atoms with E-state index in [2.05, 4.69) is 5.10 Å². The molecule has 0 radical (unpaired) electrons. The number of aryl methyl sites for hydroxylation is 2. The third-order valence-corrected chi connectivity index (χ3v) is 3.10. The van der Waals surface area contributed by atoms with Crippen LogP contribution in [0.1, 0.15) is 18.1 Å². The zero-order chi connectivity index (χ0) is 15.1. The number of aromatic nitrogens is 2. The molecule has 0 saturated carbocycles. The minimum Gasteiger partial charge on any atom is -0.496 e. The van der Waals surface area contributed by atoms with E-state index in [1.807, 2.05) is 0 Å². The van der Waals surface area contributed by atoms with Crippen LogP contribution in [0.15, 0.2) is 18.2 Å². The Balaban J connectivity index is 2.72. The van der Waals surface area contributed by atoms with Gasteiger partial charge in [0.1, 0.15) is 11.6 Å². The molecule has 2 rings (SSSR count).